The van der Waals surface area contributed by atoms with Gasteiger partial charge in [-0.05, 0) is 76.9 Å². The Balaban J connectivity index is 1.11. The number of fused-ring (bicyclic) bond motifs is 3. The minimum absolute atomic E-state index is 0.636. The second-order valence-electron chi connectivity index (χ2n) is 15.0. The van der Waals surface area contributed by atoms with Crippen LogP contribution < -0.4 is 0 Å². The fraction of sp³-hybridized carbons (Fsp3) is 0. The Morgan fingerprint density at radius 2 is 0.689 bits per heavy atom. The normalized spacial score (nSPS) is 11.3. The Morgan fingerprint density at radius 1 is 0.262 bits per heavy atom. The van der Waals surface area contributed by atoms with Crippen LogP contribution in [0.3, 0.4) is 0 Å². The maximum Gasteiger partial charge on any atom is 0.160 e. The van der Waals surface area contributed by atoms with E-state index >= 15 is 0 Å². The van der Waals surface area contributed by atoms with Crippen molar-refractivity contribution in [2.75, 3.05) is 0 Å². The van der Waals surface area contributed by atoms with Crippen LogP contribution in [0.25, 0.3) is 112 Å². The number of furan rings is 1. The van der Waals surface area contributed by atoms with E-state index in [1.54, 1.807) is 0 Å². The van der Waals surface area contributed by atoms with Crippen molar-refractivity contribution in [1.82, 2.24) is 19.9 Å². The standard InChI is InChI=1S/C56H36N4O/c1-6-17-37(18-7-1)43-31-44(38-19-8-2-9-20-38)33-45(32-43)56-59-50(41-25-14-5-15-26-41)36-51(60-56)46-27-16-28-53-54(46)47-34-42(29-30-52(47)61-53)55-57-48(39-21-10-3-11-22-39)35-49(58-55)40-23-12-4-13-24-40/h1-36H. The first-order valence-electron chi connectivity index (χ1n) is 20.4. The smallest absolute Gasteiger partial charge is 0.160 e. The number of aromatic nitrogens is 4. The Labute approximate surface area is 353 Å². The number of nitrogens with zero attached hydrogens (tertiary/aromatic N) is 4. The van der Waals surface area contributed by atoms with Gasteiger partial charge in [0.05, 0.1) is 22.8 Å². The summed E-state index contributed by atoms with van der Waals surface area (Å²) in [5, 5.41) is 1.92. The van der Waals surface area contributed by atoms with E-state index in [2.05, 4.69) is 127 Å². The summed E-state index contributed by atoms with van der Waals surface area (Å²) >= 11 is 0. The lowest BCUT2D eigenvalue weighted by Gasteiger charge is -2.13. The van der Waals surface area contributed by atoms with Crippen LogP contribution in [0.1, 0.15) is 0 Å². The van der Waals surface area contributed by atoms with Crippen molar-refractivity contribution in [3.8, 4) is 90.1 Å². The van der Waals surface area contributed by atoms with Gasteiger partial charge in [0.1, 0.15) is 11.2 Å². The van der Waals surface area contributed by atoms with Crippen molar-refractivity contribution in [3.05, 3.63) is 218 Å². The Morgan fingerprint density at radius 3 is 1.20 bits per heavy atom. The molecule has 0 bridgehead atoms. The largest absolute Gasteiger partial charge is 0.456 e. The highest BCUT2D eigenvalue weighted by Gasteiger charge is 2.19. The molecule has 0 spiro atoms. The molecule has 0 N–H and O–H groups in total. The molecule has 0 fully saturated rings. The number of benzene rings is 8. The third-order valence-electron chi connectivity index (χ3n) is 11.1. The highest BCUT2D eigenvalue weighted by molar-refractivity contribution is 6.13. The van der Waals surface area contributed by atoms with Gasteiger partial charge >= 0.3 is 0 Å². The van der Waals surface area contributed by atoms with Gasteiger partial charge in [-0.15, -0.1) is 0 Å². The van der Waals surface area contributed by atoms with E-state index in [0.717, 1.165) is 100 Å². The summed E-state index contributed by atoms with van der Waals surface area (Å²) in [5.74, 6) is 1.27. The minimum atomic E-state index is 0.636. The molecule has 5 nitrogen and oxygen atoms in total. The molecule has 11 aromatic rings. The van der Waals surface area contributed by atoms with Crippen molar-refractivity contribution < 1.29 is 4.42 Å². The molecule has 0 radical (unpaired) electrons. The third-order valence-corrected chi connectivity index (χ3v) is 11.1. The molecule has 0 unspecified atom stereocenters. The summed E-state index contributed by atoms with van der Waals surface area (Å²) in [5.41, 5.74) is 15.1. The minimum Gasteiger partial charge on any atom is -0.456 e. The van der Waals surface area contributed by atoms with E-state index in [9.17, 15) is 0 Å². The van der Waals surface area contributed by atoms with Crippen LogP contribution >= 0.6 is 0 Å². The fourth-order valence-corrected chi connectivity index (χ4v) is 8.09. The molecule has 0 aliphatic rings. The topological polar surface area (TPSA) is 64.7 Å². The second-order valence-corrected chi connectivity index (χ2v) is 15.0. The van der Waals surface area contributed by atoms with Gasteiger partial charge in [-0.1, -0.05) is 164 Å². The summed E-state index contributed by atoms with van der Waals surface area (Å²) in [7, 11) is 0. The summed E-state index contributed by atoms with van der Waals surface area (Å²) in [6, 6.07) is 75.0. The van der Waals surface area contributed by atoms with E-state index in [1.807, 2.05) is 91.0 Å². The predicted octanol–water partition coefficient (Wildman–Crippen LogP) is 14.5. The van der Waals surface area contributed by atoms with Crippen molar-refractivity contribution in [2.45, 2.75) is 0 Å². The predicted molar refractivity (Wildman–Crippen MR) is 248 cm³/mol. The second kappa shape index (κ2) is 15.5. The summed E-state index contributed by atoms with van der Waals surface area (Å²) in [6.07, 6.45) is 0. The SMILES string of the molecule is c1ccc(-c2cc(-c3ccccc3)cc(-c3nc(-c4ccccc4)cc(-c4cccc5oc6ccc(-c7nc(-c8ccccc8)cc(-c8ccccc8)n7)cc6c45)n3)c2)cc1. The first-order valence-corrected chi connectivity index (χ1v) is 20.4. The van der Waals surface area contributed by atoms with E-state index in [-0.39, 0.29) is 0 Å². The zero-order valence-electron chi connectivity index (χ0n) is 33.0. The number of hydrogen-bond donors (Lipinski definition) is 0. The lowest BCUT2D eigenvalue weighted by atomic mass is 9.95. The van der Waals surface area contributed by atoms with Gasteiger partial charge in [-0.2, -0.15) is 0 Å². The molecule has 0 amide bonds. The van der Waals surface area contributed by atoms with Crippen LogP contribution in [-0.4, -0.2) is 19.9 Å². The molecular formula is C56H36N4O. The number of rotatable bonds is 8. The van der Waals surface area contributed by atoms with Crippen LogP contribution in [0, 0.1) is 0 Å². The Hall–Kier alpha value is -8.28. The third kappa shape index (κ3) is 7.04. The van der Waals surface area contributed by atoms with Gasteiger partial charge in [0.25, 0.3) is 0 Å². The van der Waals surface area contributed by atoms with Gasteiger partial charge < -0.3 is 4.42 Å². The lowest BCUT2D eigenvalue weighted by molar-refractivity contribution is 0.669. The zero-order valence-corrected chi connectivity index (χ0v) is 33.0. The average Bonchev–Trinajstić information content (AvgIpc) is 3.73. The molecule has 0 saturated carbocycles. The van der Waals surface area contributed by atoms with E-state index in [0.29, 0.717) is 11.6 Å². The average molecular weight is 781 g/mol. The van der Waals surface area contributed by atoms with Gasteiger partial charge in [0.15, 0.2) is 11.6 Å². The summed E-state index contributed by atoms with van der Waals surface area (Å²) < 4.78 is 6.57. The summed E-state index contributed by atoms with van der Waals surface area (Å²) in [4.78, 5) is 20.9. The van der Waals surface area contributed by atoms with Gasteiger partial charge in [-0.3, -0.25) is 0 Å². The highest BCUT2D eigenvalue weighted by Crippen LogP contribution is 2.40. The molecule has 0 saturated heterocycles. The molecule has 3 aromatic heterocycles. The monoisotopic (exact) mass is 780 g/mol. The van der Waals surface area contributed by atoms with Gasteiger partial charge in [-0.25, -0.2) is 19.9 Å². The van der Waals surface area contributed by atoms with Crippen molar-refractivity contribution >= 4 is 21.9 Å². The van der Waals surface area contributed by atoms with E-state index < -0.39 is 0 Å². The quantitative estimate of drug-likeness (QED) is 0.154. The van der Waals surface area contributed by atoms with Crippen LogP contribution in [0.5, 0.6) is 0 Å². The summed E-state index contributed by atoms with van der Waals surface area (Å²) in [6.45, 7) is 0. The molecule has 0 aliphatic carbocycles. The van der Waals surface area contributed by atoms with Crippen molar-refractivity contribution in [3.63, 3.8) is 0 Å². The molecule has 286 valence electrons. The van der Waals surface area contributed by atoms with Crippen LogP contribution in [0.15, 0.2) is 223 Å². The fourth-order valence-electron chi connectivity index (χ4n) is 8.09. The Kier molecular flexibility index (Phi) is 9.10. The molecule has 5 heteroatoms. The van der Waals surface area contributed by atoms with Crippen molar-refractivity contribution in [2.24, 2.45) is 0 Å². The molecule has 8 aromatic carbocycles. The lowest BCUT2D eigenvalue weighted by Crippen LogP contribution is -1.97. The molecule has 11 rings (SSSR count). The first-order chi connectivity index (χ1) is 30.2. The van der Waals surface area contributed by atoms with Gasteiger partial charge in [0.2, 0.25) is 0 Å². The van der Waals surface area contributed by atoms with E-state index in [1.165, 1.54) is 0 Å². The molecular weight excluding hydrogens is 745 g/mol. The van der Waals surface area contributed by atoms with E-state index in [4.69, 9.17) is 24.4 Å². The molecule has 0 aliphatic heterocycles. The van der Waals surface area contributed by atoms with Crippen LogP contribution in [-0.2, 0) is 0 Å². The van der Waals surface area contributed by atoms with Crippen molar-refractivity contribution in [1.29, 1.82) is 0 Å². The Bertz CT molecular complexity index is 3220. The van der Waals surface area contributed by atoms with Crippen LogP contribution in [0.4, 0.5) is 0 Å². The highest BCUT2D eigenvalue weighted by atomic mass is 16.3. The number of hydrogen-bond acceptors (Lipinski definition) is 5. The van der Waals surface area contributed by atoms with Crippen LogP contribution in [0.2, 0.25) is 0 Å². The maximum atomic E-state index is 6.57. The van der Waals surface area contributed by atoms with Gasteiger partial charge in [0, 0.05) is 44.2 Å². The zero-order chi connectivity index (χ0) is 40.5. The molecule has 61 heavy (non-hydrogen) atoms. The first kappa shape index (κ1) is 35.8. The maximum absolute atomic E-state index is 6.57. The molecule has 3 heterocycles. The molecule has 0 atom stereocenters.